The first-order valence-electron chi connectivity index (χ1n) is 7.58. The lowest BCUT2D eigenvalue weighted by Crippen LogP contribution is -2.34. The summed E-state index contributed by atoms with van der Waals surface area (Å²) in [5.74, 6) is 0.0503. The highest BCUT2D eigenvalue weighted by Crippen LogP contribution is 2.26. The number of hydrogen-bond donors (Lipinski definition) is 2. The van der Waals surface area contributed by atoms with Crippen LogP contribution >= 0.6 is 35.4 Å². The summed E-state index contributed by atoms with van der Waals surface area (Å²) < 4.78 is 0. The van der Waals surface area contributed by atoms with Crippen LogP contribution in [0.15, 0.2) is 42.5 Å². The highest BCUT2D eigenvalue weighted by atomic mass is 35.5. The number of anilines is 1. The first-order valence-corrected chi connectivity index (χ1v) is 8.75. The third kappa shape index (κ3) is 4.69. The van der Waals surface area contributed by atoms with E-state index in [-0.39, 0.29) is 11.0 Å². The minimum atomic E-state index is -0.341. The minimum absolute atomic E-state index is 0.238. The van der Waals surface area contributed by atoms with Gasteiger partial charge in [0, 0.05) is 11.3 Å². The highest BCUT2D eigenvalue weighted by molar-refractivity contribution is 7.80. The molecule has 0 saturated heterocycles. The molecule has 0 saturated carbocycles. The zero-order valence-electron chi connectivity index (χ0n) is 13.4. The molecule has 2 aromatic carbocycles. The molecule has 0 unspecified atom stereocenters. The standard InChI is InChI=1S/C18H18Cl2N2OS/c1-3-11(2)13-6-4-5-7-16(13)21-18(24)22-17(23)12-8-9-14(19)15(20)10-12/h4-11H,3H2,1-2H3,(H2,21,22,23,24)/t11-/m0/s1. The number of carbonyl (C=O) groups excluding carboxylic acids is 1. The van der Waals surface area contributed by atoms with E-state index in [0.29, 0.717) is 21.5 Å². The van der Waals surface area contributed by atoms with Crippen molar-refractivity contribution < 1.29 is 4.79 Å². The Labute approximate surface area is 157 Å². The van der Waals surface area contributed by atoms with Crippen LogP contribution in [-0.4, -0.2) is 11.0 Å². The van der Waals surface area contributed by atoms with E-state index in [1.54, 1.807) is 12.1 Å². The zero-order chi connectivity index (χ0) is 17.7. The van der Waals surface area contributed by atoms with Crippen LogP contribution in [0.4, 0.5) is 5.69 Å². The maximum absolute atomic E-state index is 12.2. The fraction of sp³-hybridized carbons (Fsp3) is 0.222. The van der Waals surface area contributed by atoms with Crippen LogP contribution in [0.2, 0.25) is 10.0 Å². The molecule has 0 aliphatic rings. The van der Waals surface area contributed by atoms with E-state index >= 15 is 0 Å². The van der Waals surface area contributed by atoms with Crippen molar-refractivity contribution in [3.05, 3.63) is 63.6 Å². The normalized spacial score (nSPS) is 11.7. The van der Waals surface area contributed by atoms with Crippen LogP contribution in [0, 0.1) is 0 Å². The topological polar surface area (TPSA) is 41.1 Å². The van der Waals surface area contributed by atoms with Crippen molar-refractivity contribution in [2.24, 2.45) is 0 Å². The number of para-hydroxylation sites is 1. The quantitative estimate of drug-likeness (QED) is 0.674. The lowest BCUT2D eigenvalue weighted by atomic mass is 9.97. The smallest absolute Gasteiger partial charge is 0.257 e. The van der Waals surface area contributed by atoms with Crippen LogP contribution in [0.3, 0.4) is 0 Å². The summed E-state index contributed by atoms with van der Waals surface area (Å²) in [4.78, 5) is 12.2. The van der Waals surface area contributed by atoms with Gasteiger partial charge in [0.1, 0.15) is 0 Å². The maximum Gasteiger partial charge on any atom is 0.257 e. The number of nitrogens with one attached hydrogen (secondary N) is 2. The van der Waals surface area contributed by atoms with Crippen molar-refractivity contribution in [1.82, 2.24) is 5.32 Å². The van der Waals surface area contributed by atoms with Crippen LogP contribution in [-0.2, 0) is 0 Å². The van der Waals surface area contributed by atoms with Crippen molar-refractivity contribution in [1.29, 1.82) is 0 Å². The van der Waals surface area contributed by atoms with Gasteiger partial charge in [-0.25, -0.2) is 0 Å². The molecule has 3 nitrogen and oxygen atoms in total. The van der Waals surface area contributed by atoms with Gasteiger partial charge in [0.2, 0.25) is 0 Å². The molecular weight excluding hydrogens is 363 g/mol. The molecule has 1 atom stereocenters. The van der Waals surface area contributed by atoms with Crippen molar-refractivity contribution in [2.45, 2.75) is 26.2 Å². The van der Waals surface area contributed by atoms with Crippen LogP contribution in [0.1, 0.15) is 42.1 Å². The summed E-state index contributed by atoms with van der Waals surface area (Å²) in [6, 6.07) is 12.6. The first kappa shape index (κ1) is 18.7. The summed E-state index contributed by atoms with van der Waals surface area (Å²) in [5, 5.41) is 6.71. The second-order valence-electron chi connectivity index (χ2n) is 5.43. The third-order valence-corrected chi connectivity index (χ3v) is 4.70. The Kier molecular flexibility index (Phi) is 6.60. The monoisotopic (exact) mass is 380 g/mol. The van der Waals surface area contributed by atoms with Gasteiger partial charge in [-0.1, -0.05) is 55.2 Å². The molecule has 2 rings (SSSR count). The summed E-state index contributed by atoms with van der Waals surface area (Å²) in [6.45, 7) is 4.28. The molecule has 24 heavy (non-hydrogen) atoms. The van der Waals surface area contributed by atoms with Gasteiger partial charge in [-0.15, -0.1) is 0 Å². The summed E-state index contributed by atoms with van der Waals surface area (Å²) in [5.41, 5.74) is 2.45. The molecule has 0 fully saturated rings. The number of amides is 1. The Balaban J connectivity index is 2.08. The average Bonchev–Trinajstić information content (AvgIpc) is 2.57. The number of halogens is 2. The molecule has 0 aromatic heterocycles. The third-order valence-electron chi connectivity index (χ3n) is 3.76. The summed E-state index contributed by atoms with van der Waals surface area (Å²) in [6.07, 6.45) is 1.01. The number of rotatable bonds is 4. The van der Waals surface area contributed by atoms with Gasteiger partial charge in [0.05, 0.1) is 10.0 Å². The second-order valence-corrected chi connectivity index (χ2v) is 6.66. The van der Waals surface area contributed by atoms with Gasteiger partial charge < -0.3 is 5.32 Å². The lowest BCUT2D eigenvalue weighted by Gasteiger charge is -2.17. The fourth-order valence-electron chi connectivity index (χ4n) is 2.23. The Morgan fingerprint density at radius 1 is 1.17 bits per heavy atom. The van der Waals surface area contributed by atoms with Gasteiger partial charge in [-0.3, -0.25) is 10.1 Å². The van der Waals surface area contributed by atoms with Crippen molar-refractivity contribution in [3.8, 4) is 0 Å². The number of benzene rings is 2. The molecule has 2 aromatic rings. The van der Waals surface area contributed by atoms with E-state index in [9.17, 15) is 4.79 Å². The Morgan fingerprint density at radius 3 is 2.54 bits per heavy atom. The molecule has 2 N–H and O–H groups in total. The van der Waals surface area contributed by atoms with Gasteiger partial charge in [-0.05, 0) is 54.4 Å². The van der Waals surface area contributed by atoms with Gasteiger partial charge in [-0.2, -0.15) is 0 Å². The lowest BCUT2D eigenvalue weighted by molar-refractivity contribution is 0.0977. The van der Waals surface area contributed by atoms with E-state index in [1.165, 1.54) is 6.07 Å². The Bertz CT molecular complexity index is 764. The predicted octanol–water partition coefficient (Wildman–Crippen LogP) is 5.63. The van der Waals surface area contributed by atoms with E-state index in [4.69, 9.17) is 35.4 Å². The number of carbonyl (C=O) groups is 1. The first-order chi connectivity index (χ1) is 11.4. The average molecular weight is 381 g/mol. The molecule has 0 aliphatic heterocycles. The van der Waals surface area contributed by atoms with E-state index in [1.807, 2.05) is 18.2 Å². The second kappa shape index (κ2) is 8.47. The number of hydrogen-bond acceptors (Lipinski definition) is 2. The van der Waals surface area contributed by atoms with E-state index < -0.39 is 0 Å². The zero-order valence-corrected chi connectivity index (χ0v) is 15.7. The molecule has 6 heteroatoms. The molecule has 0 spiro atoms. The van der Waals surface area contributed by atoms with E-state index in [0.717, 1.165) is 17.7 Å². The molecular formula is C18H18Cl2N2OS. The van der Waals surface area contributed by atoms with Crippen molar-refractivity contribution >= 4 is 52.1 Å². The maximum atomic E-state index is 12.2. The Hall–Kier alpha value is -1.62. The van der Waals surface area contributed by atoms with Gasteiger partial charge in [0.25, 0.3) is 5.91 Å². The predicted molar refractivity (Wildman–Crippen MR) is 105 cm³/mol. The summed E-state index contributed by atoms with van der Waals surface area (Å²) >= 11 is 17.0. The van der Waals surface area contributed by atoms with Crippen molar-refractivity contribution in [2.75, 3.05) is 5.32 Å². The van der Waals surface area contributed by atoms with Crippen LogP contribution in [0.5, 0.6) is 0 Å². The number of thiocarbonyl (C=S) groups is 1. The van der Waals surface area contributed by atoms with Gasteiger partial charge in [0.15, 0.2) is 5.11 Å². The Morgan fingerprint density at radius 2 is 1.88 bits per heavy atom. The summed E-state index contributed by atoms with van der Waals surface area (Å²) in [7, 11) is 0. The van der Waals surface area contributed by atoms with Gasteiger partial charge >= 0.3 is 0 Å². The largest absolute Gasteiger partial charge is 0.332 e. The molecule has 126 valence electrons. The molecule has 0 radical (unpaired) electrons. The van der Waals surface area contributed by atoms with Crippen molar-refractivity contribution in [3.63, 3.8) is 0 Å². The molecule has 0 heterocycles. The molecule has 0 aliphatic carbocycles. The SMILES string of the molecule is CC[C@H](C)c1ccccc1NC(=S)NC(=O)c1ccc(Cl)c(Cl)c1. The highest BCUT2D eigenvalue weighted by Gasteiger charge is 2.12. The van der Waals surface area contributed by atoms with Crippen LogP contribution in [0.25, 0.3) is 0 Å². The molecule has 1 amide bonds. The van der Waals surface area contributed by atoms with Crippen LogP contribution < -0.4 is 10.6 Å². The van der Waals surface area contributed by atoms with E-state index in [2.05, 4.69) is 30.5 Å². The molecule has 0 bridgehead atoms. The minimum Gasteiger partial charge on any atom is -0.332 e. The fourth-order valence-corrected chi connectivity index (χ4v) is 2.73.